The molecule has 7 heteroatoms. The van der Waals surface area contributed by atoms with Crippen molar-refractivity contribution in [1.82, 2.24) is 0 Å². The standard InChI is InChI=1S/C24H18ClN3O3/c1-30-18-7-5-17(6-8-18)28-13-15-10-19-22(11-21(15)29)31-24(27)20(12-26)23(19)14-3-2-4-16(25)9-14/h2-11,13,23,29H,27H2,1H3/t23-/m1/s1. The van der Waals surface area contributed by atoms with Gasteiger partial charge in [-0.05, 0) is 48.0 Å². The third kappa shape index (κ3) is 4.04. The van der Waals surface area contributed by atoms with Crippen LogP contribution in [0.3, 0.4) is 0 Å². The van der Waals surface area contributed by atoms with Crippen molar-refractivity contribution in [3.8, 4) is 23.3 Å². The third-order valence-corrected chi connectivity index (χ3v) is 5.21. The lowest BCUT2D eigenvalue weighted by Crippen LogP contribution is -2.21. The van der Waals surface area contributed by atoms with Crippen LogP contribution in [0.1, 0.15) is 22.6 Å². The predicted octanol–water partition coefficient (Wildman–Crippen LogP) is 5.02. The van der Waals surface area contributed by atoms with Gasteiger partial charge in [0.2, 0.25) is 5.88 Å². The molecule has 0 fully saturated rings. The van der Waals surface area contributed by atoms with E-state index in [9.17, 15) is 10.4 Å². The number of methoxy groups -OCH3 is 1. The van der Waals surface area contributed by atoms with Crippen molar-refractivity contribution in [3.63, 3.8) is 0 Å². The molecule has 0 spiro atoms. The highest BCUT2D eigenvalue weighted by Gasteiger charge is 2.31. The SMILES string of the molecule is COc1ccc(N=Cc2cc3c(cc2O)OC(N)=C(C#N)[C@@H]3c2cccc(Cl)c2)cc1. The Morgan fingerprint density at radius 3 is 2.65 bits per heavy atom. The van der Waals surface area contributed by atoms with E-state index in [0.717, 1.165) is 11.3 Å². The minimum Gasteiger partial charge on any atom is -0.507 e. The number of hydrogen-bond acceptors (Lipinski definition) is 6. The molecule has 1 heterocycles. The molecule has 0 saturated carbocycles. The number of phenols is 1. The molecule has 1 atom stereocenters. The van der Waals surface area contributed by atoms with Crippen LogP contribution in [-0.4, -0.2) is 18.4 Å². The Morgan fingerprint density at radius 1 is 1.19 bits per heavy atom. The van der Waals surface area contributed by atoms with E-state index in [4.69, 9.17) is 26.8 Å². The van der Waals surface area contributed by atoms with Gasteiger partial charge in [0.15, 0.2) is 0 Å². The molecular weight excluding hydrogens is 414 g/mol. The lowest BCUT2D eigenvalue weighted by atomic mass is 9.83. The number of phenolic OH excluding ortho intramolecular Hbond substituents is 1. The van der Waals surface area contributed by atoms with Gasteiger partial charge in [-0.25, -0.2) is 0 Å². The highest BCUT2D eigenvalue weighted by molar-refractivity contribution is 6.30. The zero-order valence-corrected chi connectivity index (χ0v) is 17.3. The lowest BCUT2D eigenvalue weighted by molar-refractivity contribution is 0.388. The van der Waals surface area contributed by atoms with Gasteiger partial charge in [-0.15, -0.1) is 0 Å². The van der Waals surface area contributed by atoms with Crippen LogP contribution in [0.25, 0.3) is 0 Å². The Labute approximate surface area is 184 Å². The number of allylic oxidation sites excluding steroid dienone is 1. The average molecular weight is 432 g/mol. The van der Waals surface area contributed by atoms with Gasteiger partial charge in [0.05, 0.1) is 18.7 Å². The quantitative estimate of drug-likeness (QED) is 0.564. The Morgan fingerprint density at radius 2 is 1.97 bits per heavy atom. The second kappa shape index (κ2) is 8.42. The summed E-state index contributed by atoms with van der Waals surface area (Å²) in [7, 11) is 1.60. The monoisotopic (exact) mass is 431 g/mol. The van der Waals surface area contributed by atoms with Crippen LogP contribution in [0.5, 0.6) is 17.2 Å². The van der Waals surface area contributed by atoms with Crippen molar-refractivity contribution in [3.05, 3.63) is 93.8 Å². The van der Waals surface area contributed by atoms with Crippen molar-refractivity contribution >= 4 is 23.5 Å². The van der Waals surface area contributed by atoms with Crippen molar-refractivity contribution in [2.45, 2.75) is 5.92 Å². The van der Waals surface area contributed by atoms with E-state index in [1.165, 1.54) is 6.07 Å². The van der Waals surface area contributed by atoms with Crippen LogP contribution in [0.15, 0.2) is 77.1 Å². The van der Waals surface area contributed by atoms with Crippen LogP contribution in [-0.2, 0) is 0 Å². The molecule has 1 aliphatic rings. The summed E-state index contributed by atoms with van der Waals surface area (Å²) in [6.45, 7) is 0. The summed E-state index contributed by atoms with van der Waals surface area (Å²) in [6.07, 6.45) is 1.56. The summed E-state index contributed by atoms with van der Waals surface area (Å²) in [4.78, 5) is 4.42. The van der Waals surface area contributed by atoms with Gasteiger partial charge in [-0.1, -0.05) is 23.7 Å². The molecule has 0 radical (unpaired) electrons. The lowest BCUT2D eigenvalue weighted by Gasteiger charge is -2.27. The van der Waals surface area contributed by atoms with Crippen LogP contribution in [0.2, 0.25) is 5.02 Å². The van der Waals surface area contributed by atoms with Gasteiger partial charge in [0.25, 0.3) is 0 Å². The summed E-state index contributed by atoms with van der Waals surface area (Å²) in [5.41, 5.74) is 8.92. The minimum absolute atomic E-state index is 0.000902. The molecular formula is C24H18ClN3O3. The fourth-order valence-electron chi connectivity index (χ4n) is 3.46. The zero-order valence-electron chi connectivity index (χ0n) is 16.5. The summed E-state index contributed by atoms with van der Waals surface area (Å²) >= 11 is 6.18. The van der Waals surface area contributed by atoms with Gasteiger partial charge in [-0.2, -0.15) is 5.26 Å². The maximum absolute atomic E-state index is 10.5. The maximum Gasteiger partial charge on any atom is 0.205 e. The van der Waals surface area contributed by atoms with E-state index in [0.29, 0.717) is 27.6 Å². The first-order valence-electron chi connectivity index (χ1n) is 9.38. The van der Waals surface area contributed by atoms with Crippen molar-refractivity contribution in [2.75, 3.05) is 7.11 Å². The summed E-state index contributed by atoms with van der Waals surface area (Å²) in [5, 5.41) is 20.8. The molecule has 0 unspecified atom stereocenters. The minimum atomic E-state index is -0.485. The van der Waals surface area contributed by atoms with Crippen LogP contribution < -0.4 is 15.2 Å². The Bertz CT molecular complexity index is 1240. The molecule has 154 valence electrons. The van der Waals surface area contributed by atoms with Crippen LogP contribution in [0.4, 0.5) is 5.69 Å². The number of aromatic hydroxyl groups is 1. The number of rotatable bonds is 4. The van der Waals surface area contributed by atoms with Crippen LogP contribution >= 0.6 is 11.6 Å². The first-order chi connectivity index (χ1) is 15.0. The van der Waals surface area contributed by atoms with Crippen molar-refractivity contribution in [1.29, 1.82) is 5.26 Å². The van der Waals surface area contributed by atoms with Crippen molar-refractivity contribution in [2.24, 2.45) is 10.7 Å². The summed E-state index contributed by atoms with van der Waals surface area (Å²) in [6, 6.07) is 19.8. The fraction of sp³-hybridized carbons (Fsp3) is 0.0833. The number of nitrogens with zero attached hydrogens (tertiary/aromatic N) is 2. The number of aliphatic imine (C=N–C) groups is 1. The Hall–Kier alpha value is -3.95. The van der Waals surface area contributed by atoms with E-state index in [1.807, 2.05) is 12.1 Å². The highest BCUT2D eigenvalue weighted by atomic mass is 35.5. The van der Waals surface area contributed by atoms with Crippen molar-refractivity contribution < 1.29 is 14.6 Å². The third-order valence-electron chi connectivity index (χ3n) is 4.97. The summed E-state index contributed by atoms with van der Waals surface area (Å²) < 4.78 is 10.8. The first-order valence-corrected chi connectivity index (χ1v) is 9.76. The van der Waals surface area contributed by atoms with E-state index < -0.39 is 5.92 Å². The van der Waals surface area contributed by atoms with Crippen LogP contribution in [0, 0.1) is 11.3 Å². The molecule has 4 rings (SSSR count). The largest absolute Gasteiger partial charge is 0.507 e. The number of halogens is 1. The molecule has 0 saturated heterocycles. The fourth-order valence-corrected chi connectivity index (χ4v) is 3.66. The summed E-state index contributed by atoms with van der Waals surface area (Å²) in [5.74, 6) is 0.598. The topological polar surface area (TPSA) is 101 Å². The molecule has 6 nitrogen and oxygen atoms in total. The molecule has 3 aromatic carbocycles. The number of fused-ring (bicyclic) bond motifs is 1. The molecule has 3 N–H and O–H groups in total. The normalized spacial score (nSPS) is 15.3. The number of benzene rings is 3. The Balaban J connectivity index is 1.79. The molecule has 0 aromatic heterocycles. The number of hydrogen-bond donors (Lipinski definition) is 2. The first kappa shape index (κ1) is 20.3. The predicted molar refractivity (Wildman–Crippen MR) is 119 cm³/mol. The molecule has 31 heavy (non-hydrogen) atoms. The average Bonchev–Trinajstić information content (AvgIpc) is 2.77. The van der Waals surface area contributed by atoms with Gasteiger partial charge in [0.1, 0.15) is 28.9 Å². The van der Waals surface area contributed by atoms with E-state index in [2.05, 4.69) is 11.1 Å². The van der Waals surface area contributed by atoms with Gasteiger partial charge in [-0.3, -0.25) is 4.99 Å². The van der Waals surface area contributed by atoms with E-state index >= 15 is 0 Å². The number of nitriles is 1. The maximum atomic E-state index is 10.5. The number of nitrogens with two attached hydrogens (primary N) is 1. The van der Waals surface area contributed by atoms with Gasteiger partial charge < -0.3 is 20.3 Å². The smallest absolute Gasteiger partial charge is 0.205 e. The molecule has 0 bridgehead atoms. The number of ether oxygens (including phenoxy) is 2. The van der Waals surface area contributed by atoms with E-state index in [-0.39, 0.29) is 17.2 Å². The second-order valence-electron chi connectivity index (χ2n) is 6.88. The van der Waals surface area contributed by atoms with E-state index in [1.54, 1.807) is 55.8 Å². The van der Waals surface area contributed by atoms with Gasteiger partial charge >= 0.3 is 0 Å². The highest BCUT2D eigenvalue weighted by Crippen LogP contribution is 2.44. The molecule has 3 aromatic rings. The zero-order chi connectivity index (χ0) is 22.0. The molecule has 0 amide bonds. The second-order valence-corrected chi connectivity index (χ2v) is 7.32. The molecule has 0 aliphatic carbocycles. The van der Waals surface area contributed by atoms with Gasteiger partial charge in [0, 0.05) is 28.4 Å². The molecule has 1 aliphatic heterocycles. The Kier molecular flexibility index (Phi) is 5.52.